The second-order valence-electron chi connectivity index (χ2n) is 7.27. The maximum atomic E-state index is 13.9. The molecule has 30 heavy (non-hydrogen) atoms. The third kappa shape index (κ3) is 4.43. The number of aryl methyl sites for hydroxylation is 1. The first-order valence-electron chi connectivity index (χ1n) is 9.31. The van der Waals surface area contributed by atoms with E-state index in [1.54, 1.807) is 31.3 Å². The number of tetrazole rings is 1. The number of carbonyl (C=O) groups is 1. The van der Waals surface area contributed by atoms with E-state index in [-0.39, 0.29) is 30.2 Å². The molecule has 8 nitrogen and oxygen atoms in total. The van der Waals surface area contributed by atoms with Gasteiger partial charge in [0.25, 0.3) is 0 Å². The Hall–Kier alpha value is -3.01. The molecule has 2 atom stereocenters. The van der Waals surface area contributed by atoms with E-state index in [0.29, 0.717) is 17.0 Å². The highest BCUT2D eigenvalue weighted by molar-refractivity contribution is 6.29. The molecule has 0 spiro atoms. The van der Waals surface area contributed by atoms with Crippen molar-refractivity contribution in [3.05, 3.63) is 47.4 Å². The number of anilines is 1. The number of alkyl halides is 2. The Morgan fingerprint density at radius 1 is 1.27 bits per heavy atom. The number of amides is 1. The van der Waals surface area contributed by atoms with Crippen LogP contribution >= 0.6 is 11.6 Å². The number of benzene rings is 1. The van der Waals surface area contributed by atoms with E-state index in [1.807, 2.05) is 0 Å². The molecule has 1 fully saturated rings. The molecule has 0 saturated heterocycles. The van der Waals surface area contributed by atoms with Crippen LogP contribution in [0.1, 0.15) is 30.7 Å². The van der Waals surface area contributed by atoms with Gasteiger partial charge in [-0.25, -0.2) is 18.7 Å². The van der Waals surface area contributed by atoms with Crippen LogP contribution in [-0.4, -0.2) is 42.0 Å². The minimum atomic E-state index is -2.77. The predicted molar refractivity (Wildman–Crippen MR) is 105 cm³/mol. The summed E-state index contributed by atoms with van der Waals surface area (Å²) in [7, 11) is 1.66. The maximum Gasteiger partial charge on any atom is 0.248 e. The molecular formula is C19H18ClF2N7O. The van der Waals surface area contributed by atoms with Gasteiger partial charge in [-0.2, -0.15) is 4.80 Å². The fourth-order valence-corrected chi connectivity index (χ4v) is 3.82. The van der Waals surface area contributed by atoms with Gasteiger partial charge in [0.15, 0.2) is 5.82 Å². The first-order valence-corrected chi connectivity index (χ1v) is 9.69. The van der Waals surface area contributed by atoms with Crippen LogP contribution < -0.4 is 5.32 Å². The van der Waals surface area contributed by atoms with E-state index in [1.165, 1.54) is 17.2 Å². The number of hydrogen-bond donors (Lipinski definition) is 1. The summed E-state index contributed by atoms with van der Waals surface area (Å²) in [6, 6.07) is 6.98. The van der Waals surface area contributed by atoms with Gasteiger partial charge in [-0.1, -0.05) is 35.9 Å². The Bertz CT molecular complexity index is 1040. The van der Waals surface area contributed by atoms with Crippen LogP contribution in [0.4, 0.5) is 14.6 Å². The van der Waals surface area contributed by atoms with E-state index >= 15 is 0 Å². The van der Waals surface area contributed by atoms with Crippen molar-refractivity contribution in [1.29, 1.82) is 0 Å². The molecule has 0 bridgehead atoms. The maximum absolute atomic E-state index is 13.9. The van der Waals surface area contributed by atoms with Crippen molar-refractivity contribution in [2.45, 2.75) is 31.1 Å². The molecule has 1 amide bonds. The van der Waals surface area contributed by atoms with Gasteiger partial charge in [0.1, 0.15) is 5.15 Å². The molecule has 1 aliphatic rings. The van der Waals surface area contributed by atoms with Crippen LogP contribution in [0, 0.1) is 5.92 Å². The van der Waals surface area contributed by atoms with Crippen molar-refractivity contribution in [3.8, 4) is 11.4 Å². The summed E-state index contributed by atoms with van der Waals surface area (Å²) in [5, 5.41) is 14.7. The van der Waals surface area contributed by atoms with Crippen LogP contribution in [0.25, 0.3) is 11.4 Å². The van der Waals surface area contributed by atoms with Crippen molar-refractivity contribution in [3.63, 3.8) is 0 Å². The van der Waals surface area contributed by atoms with Gasteiger partial charge in [0, 0.05) is 18.4 Å². The molecule has 0 aliphatic heterocycles. The molecule has 1 saturated carbocycles. The number of nitrogens with zero attached hydrogens (tertiary/aromatic N) is 6. The molecule has 0 radical (unpaired) electrons. The van der Waals surface area contributed by atoms with Gasteiger partial charge >= 0.3 is 0 Å². The SMILES string of the molecule is Cn1nnc(-c2ccc(C(C(=O)Nc3cnc(Cl)cn3)C3CCC(F)(F)C3)cc2)n1. The van der Waals surface area contributed by atoms with E-state index in [9.17, 15) is 13.6 Å². The average molecular weight is 434 g/mol. The van der Waals surface area contributed by atoms with Gasteiger partial charge in [0.05, 0.1) is 25.4 Å². The molecular weight excluding hydrogens is 416 g/mol. The van der Waals surface area contributed by atoms with Crippen molar-refractivity contribution in [2.24, 2.45) is 13.0 Å². The van der Waals surface area contributed by atoms with Gasteiger partial charge in [0.2, 0.25) is 17.7 Å². The Kier molecular flexibility index (Phi) is 5.42. The van der Waals surface area contributed by atoms with E-state index in [2.05, 4.69) is 30.7 Å². The number of carbonyl (C=O) groups excluding carboxylic acids is 1. The molecule has 2 heterocycles. The zero-order valence-electron chi connectivity index (χ0n) is 16.0. The minimum absolute atomic E-state index is 0.188. The number of nitrogens with one attached hydrogen (secondary N) is 1. The summed E-state index contributed by atoms with van der Waals surface area (Å²) < 4.78 is 27.8. The highest BCUT2D eigenvalue weighted by Crippen LogP contribution is 2.45. The molecule has 1 aliphatic carbocycles. The van der Waals surface area contributed by atoms with Crippen LogP contribution in [0.3, 0.4) is 0 Å². The summed E-state index contributed by atoms with van der Waals surface area (Å²) in [6.45, 7) is 0. The van der Waals surface area contributed by atoms with Crippen molar-refractivity contribution in [1.82, 2.24) is 30.2 Å². The molecule has 1 aromatic carbocycles. The fraction of sp³-hybridized carbons (Fsp3) is 0.368. The highest BCUT2D eigenvalue weighted by Gasteiger charge is 2.45. The monoisotopic (exact) mass is 433 g/mol. The van der Waals surface area contributed by atoms with E-state index in [0.717, 1.165) is 0 Å². The Morgan fingerprint density at radius 3 is 2.60 bits per heavy atom. The first-order chi connectivity index (χ1) is 14.3. The normalized spacial score (nSPS) is 18.9. The number of hydrogen-bond acceptors (Lipinski definition) is 6. The van der Waals surface area contributed by atoms with Crippen LogP contribution in [0.5, 0.6) is 0 Å². The highest BCUT2D eigenvalue weighted by atomic mass is 35.5. The topological polar surface area (TPSA) is 98.5 Å². The summed E-state index contributed by atoms with van der Waals surface area (Å²) in [6.07, 6.45) is 2.31. The Labute approximate surface area is 175 Å². The van der Waals surface area contributed by atoms with Crippen molar-refractivity contribution >= 4 is 23.3 Å². The number of rotatable bonds is 5. The molecule has 4 rings (SSSR count). The molecule has 3 aromatic rings. The third-order valence-corrected chi connectivity index (χ3v) is 5.30. The van der Waals surface area contributed by atoms with Gasteiger partial charge in [-0.3, -0.25) is 4.79 Å². The zero-order chi connectivity index (χ0) is 21.3. The lowest BCUT2D eigenvalue weighted by Gasteiger charge is -2.23. The number of halogens is 3. The van der Waals surface area contributed by atoms with Crippen LogP contribution in [0.2, 0.25) is 5.15 Å². The number of aromatic nitrogens is 6. The standard InChI is InChI=1S/C19H18ClF2N7O/c1-29-27-17(26-28-29)12-4-2-11(3-5-12)16(13-6-7-19(21,22)8-13)18(30)25-15-10-23-14(20)9-24-15/h2-5,9-10,13,16H,6-8H2,1H3,(H,24,25,30). The van der Waals surface area contributed by atoms with Gasteiger partial charge in [-0.15, -0.1) is 10.2 Å². The molecule has 156 valence electrons. The van der Waals surface area contributed by atoms with Gasteiger partial charge < -0.3 is 5.32 Å². The lowest BCUT2D eigenvalue weighted by molar-refractivity contribution is -0.118. The average Bonchev–Trinajstić information content (AvgIpc) is 3.29. The van der Waals surface area contributed by atoms with Gasteiger partial charge in [-0.05, 0) is 23.1 Å². The third-order valence-electron chi connectivity index (χ3n) is 5.10. The largest absolute Gasteiger partial charge is 0.309 e. The van der Waals surface area contributed by atoms with Crippen LogP contribution in [0.15, 0.2) is 36.7 Å². The van der Waals surface area contributed by atoms with Crippen molar-refractivity contribution in [2.75, 3.05) is 5.32 Å². The predicted octanol–water partition coefficient (Wildman–Crippen LogP) is 3.48. The summed E-state index contributed by atoms with van der Waals surface area (Å²) in [5.41, 5.74) is 1.34. The summed E-state index contributed by atoms with van der Waals surface area (Å²) in [5.74, 6) is -3.80. The quantitative estimate of drug-likeness (QED) is 0.661. The molecule has 2 unspecified atom stereocenters. The summed E-state index contributed by atoms with van der Waals surface area (Å²) in [4.78, 5) is 22.3. The second kappa shape index (κ2) is 8.02. The zero-order valence-corrected chi connectivity index (χ0v) is 16.7. The molecule has 11 heteroatoms. The molecule has 2 aromatic heterocycles. The van der Waals surface area contributed by atoms with E-state index < -0.39 is 23.7 Å². The fourth-order valence-electron chi connectivity index (χ4n) is 3.73. The Balaban J connectivity index is 1.61. The first kappa shape index (κ1) is 20.3. The molecule has 1 N–H and O–H groups in total. The summed E-state index contributed by atoms with van der Waals surface area (Å²) >= 11 is 5.72. The smallest absolute Gasteiger partial charge is 0.248 e. The van der Waals surface area contributed by atoms with Crippen LogP contribution in [-0.2, 0) is 11.8 Å². The van der Waals surface area contributed by atoms with Crippen molar-refractivity contribution < 1.29 is 13.6 Å². The Morgan fingerprint density at radius 2 is 2.03 bits per heavy atom. The lowest BCUT2D eigenvalue weighted by Crippen LogP contribution is -2.28. The lowest BCUT2D eigenvalue weighted by atomic mass is 9.83. The minimum Gasteiger partial charge on any atom is -0.309 e. The van der Waals surface area contributed by atoms with E-state index in [4.69, 9.17) is 11.6 Å². The second-order valence-corrected chi connectivity index (χ2v) is 7.66.